The van der Waals surface area contributed by atoms with E-state index in [1.165, 1.54) is 12.0 Å². The Balaban J connectivity index is 1.92. The van der Waals surface area contributed by atoms with Crippen LogP contribution in [0.5, 0.6) is 5.75 Å². The second-order valence-electron chi connectivity index (χ2n) is 5.85. The molecule has 1 aromatic heterocycles. The van der Waals surface area contributed by atoms with Crippen LogP contribution in [0.25, 0.3) is 11.0 Å². The average Bonchev–Trinajstić information content (AvgIpc) is 2.97. The van der Waals surface area contributed by atoms with Gasteiger partial charge in [-0.1, -0.05) is 11.6 Å². The number of aliphatic hydroxyl groups is 2. The first-order chi connectivity index (χ1) is 11.0. The smallest absolute Gasteiger partial charge is 0.289 e. The Bertz CT molecular complexity index is 743. The van der Waals surface area contributed by atoms with Crippen molar-refractivity contribution in [1.29, 1.82) is 0 Å². The number of carbonyl (C=O) groups excluding carboxylic acids is 1. The molecule has 1 amide bonds. The predicted octanol–water partition coefficient (Wildman–Crippen LogP) is 2.05. The first-order valence-corrected chi connectivity index (χ1v) is 7.73. The monoisotopic (exact) mass is 339 g/mol. The highest BCUT2D eigenvalue weighted by molar-refractivity contribution is 6.31. The first-order valence-electron chi connectivity index (χ1n) is 7.35. The van der Waals surface area contributed by atoms with Crippen molar-refractivity contribution >= 4 is 28.5 Å². The SMILES string of the molecule is COc1cc(Cl)cc2cc(C(=O)N3CCCC(O)(CO)C3)oc12. The number of benzene rings is 1. The molecule has 3 rings (SSSR count). The van der Waals surface area contributed by atoms with Gasteiger partial charge in [0.2, 0.25) is 0 Å². The molecular weight excluding hydrogens is 322 g/mol. The minimum Gasteiger partial charge on any atom is -0.493 e. The molecule has 23 heavy (non-hydrogen) atoms. The summed E-state index contributed by atoms with van der Waals surface area (Å²) in [7, 11) is 1.50. The molecule has 1 saturated heterocycles. The van der Waals surface area contributed by atoms with Crippen molar-refractivity contribution in [3.8, 4) is 5.75 Å². The minimum atomic E-state index is -1.25. The Kier molecular flexibility index (Phi) is 4.23. The fraction of sp³-hybridized carbons (Fsp3) is 0.438. The van der Waals surface area contributed by atoms with Gasteiger partial charge in [0.25, 0.3) is 5.91 Å². The van der Waals surface area contributed by atoms with Crippen LogP contribution in [-0.2, 0) is 0 Å². The molecule has 0 aliphatic carbocycles. The van der Waals surface area contributed by atoms with E-state index < -0.39 is 5.60 Å². The fourth-order valence-electron chi connectivity index (χ4n) is 2.91. The molecule has 1 aliphatic rings. The molecule has 2 heterocycles. The van der Waals surface area contributed by atoms with Gasteiger partial charge in [0.1, 0.15) is 5.60 Å². The summed E-state index contributed by atoms with van der Waals surface area (Å²) in [5, 5.41) is 20.6. The zero-order valence-corrected chi connectivity index (χ0v) is 13.5. The molecule has 1 atom stereocenters. The Morgan fingerprint density at radius 1 is 1.48 bits per heavy atom. The van der Waals surface area contributed by atoms with Gasteiger partial charge in [0, 0.05) is 23.0 Å². The van der Waals surface area contributed by atoms with Crippen molar-refractivity contribution < 1.29 is 24.2 Å². The number of nitrogens with zero attached hydrogens (tertiary/aromatic N) is 1. The van der Waals surface area contributed by atoms with Crippen molar-refractivity contribution in [1.82, 2.24) is 4.90 Å². The van der Waals surface area contributed by atoms with E-state index in [1.54, 1.807) is 18.2 Å². The Morgan fingerprint density at radius 2 is 2.26 bits per heavy atom. The Labute approximate surface area is 138 Å². The van der Waals surface area contributed by atoms with Gasteiger partial charge in [-0.25, -0.2) is 0 Å². The third kappa shape index (κ3) is 3.02. The van der Waals surface area contributed by atoms with E-state index in [0.29, 0.717) is 41.1 Å². The number of halogens is 1. The fourth-order valence-corrected chi connectivity index (χ4v) is 3.13. The Hall–Kier alpha value is -1.76. The molecule has 0 radical (unpaired) electrons. The van der Waals surface area contributed by atoms with E-state index in [0.717, 1.165) is 0 Å². The summed E-state index contributed by atoms with van der Waals surface area (Å²) in [6, 6.07) is 4.92. The third-order valence-corrected chi connectivity index (χ3v) is 4.33. The number of likely N-dealkylation sites (tertiary alicyclic amines) is 1. The average molecular weight is 340 g/mol. The summed E-state index contributed by atoms with van der Waals surface area (Å²) in [5.41, 5.74) is -0.796. The summed E-state index contributed by atoms with van der Waals surface area (Å²) < 4.78 is 10.9. The maximum absolute atomic E-state index is 12.6. The van der Waals surface area contributed by atoms with Crippen LogP contribution in [-0.4, -0.2) is 53.4 Å². The van der Waals surface area contributed by atoms with E-state index in [2.05, 4.69) is 0 Å². The van der Waals surface area contributed by atoms with Crippen LogP contribution in [0, 0.1) is 0 Å². The number of fused-ring (bicyclic) bond motifs is 1. The number of amides is 1. The van der Waals surface area contributed by atoms with Crippen molar-refractivity contribution in [2.45, 2.75) is 18.4 Å². The van der Waals surface area contributed by atoms with Gasteiger partial charge in [0.05, 0.1) is 20.3 Å². The van der Waals surface area contributed by atoms with Crippen molar-refractivity contribution in [3.05, 3.63) is 29.0 Å². The number of β-amino-alcohol motifs (C(OH)–C–C–N with tert-alkyl or cyclic N) is 1. The lowest BCUT2D eigenvalue weighted by molar-refractivity contribution is -0.0602. The molecule has 7 heteroatoms. The quantitative estimate of drug-likeness (QED) is 0.894. The molecule has 1 unspecified atom stereocenters. The van der Waals surface area contributed by atoms with Gasteiger partial charge in [-0.3, -0.25) is 4.79 Å². The number of piperidine rings is 1. The number of carbonyl (C=O) groups is 1. The van der Waals surface area contributed by atoms with Gasteiger partial charge >= 0.3 is 0 Å². The number of ether oxygens (including phenoxy) is 1. The molecular formula is C16H18ClNO5. The highest BCUT2D eigenvalue weighted by atomic mass is 35.5. The van der Waals surface area contributed by atoms with E-state index in [9.17, 15) is 15.0 Å². The maximum atomic E-state index is 12.6. The number of hydrogen-bond donors (Lipinski definition) is 2. The van der Waals surface area contributed by atoms with Crippen LogP contribution in [0.2, 0.25) is 5.02 Å². The summed E-state index contributed by atoms with van der Waals surface area (Å²) >= 11 is 6.02. The molecule has 124 valence electrons. The standard InChI is InChI=1S/C16H18ClNO5/c1-22-12-7-11(17)5-10-6-13(23-14(10)12)15(20)18-4-2-3-16(21,8-18)9-19/h5-7,19,21H,2-4,8-9H2,1H3. The van der Waals surface area contributed by atoms with Crippen LogP contribution >= 0.6 is 11.6 Å². The molecule has 2 aromatic rings. The summed E-state index contributed by atoms with van der Waals surface area (Å²) in [4.78, 5) is 14.1. The number of aliphatic hydroxyl groups excluding tert-OH is 1. The molecule has 0 spiro atoms. The molecule has 0 saturated carbocycles. The second-order valence-corrected chi connectivity index (χ2v) is 6.29. The van der Waals surface area contributed by atoms with Crippen molar-refractivity contribution in [3.63, 3.8) is 0 Å². The van der Waals surface area contributed by atoms with Gasteiger partial charge in [-0.2, -0.15) is 0 Å². The number of rotatable bonds is 3. The molecule has 2 N–H and O–H groups in total. The number of furan rings is 1. The van der Waals surface area contributed by atoms with E-state index in [4.69, 9.17) is 20.8 Å². The van der Waals surface area contributed by atoms with Crippen molar-refractivity contribution in [2.24, 2.45) is 0 Å². The largest absolute Gasteiger partial charge is 0.493 e. The topological polar surface area (TPSA) is 83.1 Å². The van der Waals surface area contributed by atoms with Crippen LogP contribution in [0.3, 0.4) is 0 Å². The van der Waals surface area contributed by atoms with Crippen LogP contribution in [0.4, 0.5) is 0 Å². The maximum Gasteiger partial charge on any atom is 0.289 e. The number of methoxy groups -OCH3 is 1. The zero-order chi connectivity index (χ0) is 16.6. The van der Waals surface area contributed by atoms with Crippen LogP contribution in [0.1, 0.15) is 23.4 Å². The molecule has 1 fully saturated rings. The lowest BCUT2D eigenvalue weighted by Crippen LogP contribution is -2.52. The van der Waals surface area contributed by atoms with Crippen molar-refractivity contribution in [2.75, 3.05) is 26.8 Å². The Morgan fingerprint density at radius 3 is 2.96 bits per heavy atom. The summed E-state index contributed by atoms with van der Waals surface area (Å²) in [6.07, 6.45) is 1.09. The van der Waals surface area contributed by atoms with E-state index >= 15 is 0 Å². The molecule has 1 aliphatic heterocycles. The van der Waals surface area contributed by atoms with Gasteiger partial charge in [-0.15, -0.1) is 0 Å². The molecule has 0 bridgehead atoms. The lowest BCUT2D eigenvalue weighted by atomic mass is 9.93. The van der Waals surface area contributed by atoms with Gasteiger partial charge < -0.3 is 24.3 Å². The number of hydrogen-bond acceptors (Lipinski definition) is 5. The highest BCUT2D eigenvalue weighted by Crippen LogP contribution is 2.33. The van der Waals surface area contributed by atoms with Crippen LogP contribution in [0.15, 0.2) is 22.6 Å². The van der Waals surface area contributed by atoms with Gasteiger partial charge in [0.15, 0.2) is 17.1 Å². The first kappa shape index (κ1) is 16.1. The third-order valence-electron chi connectivity index (χ3n) is 4.11. The van der Waals surface area contributed by atoms with Crippen LogP contribution < -0.4 is 4.74 Å². The normalized spacial score (nSPS) is 21.7. The molecule has 1 aromatic carbocycles. The van der Waals surface area contributed by atoms with Gasteiger partial charge in [-0.05, 0) is 25.0 Å². The molecule has 6 nitrogen and oxygen atoms in total. The zero-order valence-electron chi connectivity index (χ0n) is 12.7. The summed E-state index contributed by atoms with van der Waals surface area (Å²) in [6.45, 7) is 0.216. The lowest BCUT2D eigenvalue weighted by Gasteiger charge is -2.37. The highest BCUT2D eigenvalue weighted by Gasteiger charge is 2.35. The van der Waals surface area contributed by atoms with E-state index in [1.807, 2.05) is 0 Å². The summed E-state index contributed by atoms with van der Waals surface area (Å²) in [5.74, 6) is 0.283. The predicted molar refractivity (Wildman–Crippen MR) is 84.9 cm³/mol. The second kappa shape index (κ2) is 6.03. The van der Waals surface area contributed by atoms with E-state index in [-0.39, 0.29) is 24.8 Å². The minimum absolute atomic E-state index is 0.0806.